The largest absolute Gasteiger partial charge is 0.387 e. The van der Waals surface area contributed by atoms with Gasteiger partial charge >= 0.3 is 0 Å². The van der Waals surface area contributed by atoms with Crippen LogP contribution in [0.2, 0.25) is 0 Å². The SMILES string of the molecule is CCCn1ncc(Br)c1C(O)CCSCC. The van der Waals surface area contributed by atoms with Crippen LogP contribution in [0.4, 0.5) is 0 Å². The van der Waals surface area contributed by atoms with Gasteiger partial charge in [0.1, 0.15) is 0 Å². The molecule has 1 aromatic heterocycles. The molecule has 0 fully saturated rings. The lowest BCUT2D eigenvalue weighted by Gasteiger charge is -2.13. The van der Waals surface area contributed by atoms with Crippen LogP contribution in [0.1, 0.15) is 38.5 Å². The maximum absolute atomic E-state index is 10.1. The van der Waals surface area contributed by atoms with E-state index in [0.717, 1.165) is 41.1 Å². The molecule has 1 unspecified atom stereocenters. The Bertz CT molecular complexity index is 317. The average Bonchev–Trinajstić information content (AvgIpc) is 2.61. The molecule has 16 heavy (non-hydrogen) atoms. The molecule has 0 aliphatic heterocycles. The van der Waals surface area contributed by atoms with Gasteiger partial charge in [0.2, 0.25) is 0 Å². The molecular weight excluding hydrogens is 288 g/mol. The summed E-state index contributed by atoms with van der Waals surface area (Å²) < 4.78 is 2.81. The van der Waals surface area contributed by atoms with Crippen LogP contribution in [0, 0.1) is 0 Å². The summed E-state index contributed by atoms with van der Waals surface area (Å²) in [7, 11) is 0. The van der Waals surface area contributed by atoms with Gasteiger partial charge in [-0.2, -0.15) is 16.9 Å². The Labute approximate surface area is 110 Å². The molecule has 1 N–H and O–H groups in total. The molecule has 0 amide bonds. The van der Waals surface area contributed by atoms with Crippen molar-refractivity contribution in [3.05, 3.63) is 16.4 Å². The smallest absolute Gasteiger partial charge is 0.0976 e. The summed E-state index contributed by atoms with van der Waals surface area (Å²) in [5.74, 6) is 2.09. The van der Waals surface area contributed by atoms with Crippen molar-refractivity contribution in [1.29, 1.82) is 0 Å². The second kappa shape index (κ2) is 7.35. The topological polar surface area (TPSA) is 38.0 Å². The highest BCUT2D eigenvalue weighted by molar-refractivity contribution is 9.10. The number of nitrogens with zero attached hydrogens (tertiary/aromatic N) is 2. The number of aliphatic hydroxyl groups is 1. The lowest BCUT2D eigenvalue weighted by Crippen LogP contribution is -2.10. The molecule has 3 nitrogen and oxygen atoms in total. The van der Waals surface area contributed by atoms with Gasteiger partial charge in [-0.05, 0) is 40.3 Å². The minimum absolute atomic E-state index is 0.414. The monoisotopic (exact) mass is 306 g/mol. The zero-order valence-corrected chi connectivity index (χ0v) is 12.2. The van der Waals surface area contributed by atoms with Gasteiger partial charge in [0.25, 0.3) is 0 Å². The third-order valence-corrected chi connectivity index (χ3v) is 3.87. The standard InChI is InChI=1S/C11H19BrN2OS/c1-3-6-14-11(9(12)8-13-14)10(15)5-7-16-4-2/h8,10,15H,3-7H2,1-2H3. The molecule has 0 aliphatic carbocycles. The molecule has 1 aromatic rings. The third kappa shape index (κ3) is 3.79. The molecule has 1 rings (SSSR count). The molecule has 5 heteroatoms. The molecule has 1 heterocycles. The predicted molar refractivity (Wildman–Crippen MR) is 72.8 cm³/mol. The maximum Gasteiger partial charge on any atom is 0.0976 e. The molecule has 1 atom stereocenters. The van der Waals surface area contributed by atoms with Crippen LogP contribution >= 0.6 is 27.7 Å². The quantitative estimate of drug-likeness (QED) is 0.786. The first kappa shape index (κ1) is 14.1. The van der Waals surface area contributed by atoms with Crippen molar-refractivity contribution in [3.63, 3.8) is 0 Å². The molecule has 0 spiro atoms. The van der Waals surface area contributed by atoms with Gasteiger partial charge in [0.15, 0.2) is 0 Å². The van der Waals surface area contributed by atoms with E-state index in [1.807, 2.05) is 16.4 Å². The van der Waals surface area contributed by atoms with E-state index in [-0.39, 0.29) is 0 Å². The number of halogens is 1. The highest BCUT2D eigenvalue weighted by Crippen LogP contribution is 2.26. The van der Waals surface area contributed by atoms with Gasteiger partial charge in [0, 0.05) is 6.54 Å². The summed E-state index contributed by atoms with van der Waals surface area (Å²) in [4.78, 5) is 0. The fourth-order valence-electron chi connectivity index (χ4n) is 1.57. The summed E-state index contributed by atoms with van der Waals surface area (Å²) in [5.41, 5.74) is 0.915. The van der Waals surface area contributed by atoms with E-state index >= 15 is 0 Å². The van der Waals surface area contributed by atoms with E-state index in [2.05, 4.69) is 34.9 Å². The van der Waals surface area contributed by atoms with E-state index in [1.54, 1.807) is 6.20 Å². The van der Waals surface area contributed by atoms with Crippen molar-refractivity contribution >= 4 is 27.7 Å². The Morgan fingerprint density at radius 1 is 1.56 bits per heavy atom. The third-order valence-electron chi connectivity index (χ3n) is 2.32. The normalized spacial score (nSPS) is 13.0. The molecule has 0 aliphatic rings. The molecule has 92 valence electrons. The number of aryl methyl sites for hydroxylation is 1. The van der Waals surface area contributed by atoms with Crippen molar-refractivity contribution < 1.29 is 5.11 Å². The highest BCUT2D eigenvalue weighted by Gasteiger charge is 2.16. The first-order valence-electron chi connectivity index (χ1n) is 5.67. The number of rotatable bonds is 7. The number of aromatic nitrogens is 2. The molecular formula is C11H19BrN2OS. The van der Waals surface area contributed by atoms with Gasteiger partial charge in [-0.1, -0.05) is 13.8 Å². The molecule has 0 bridgehead atoms. The summed E-state index contributed by atoms with van der Waals surface area (Å²) in [6.07, 6.45) is 3.16. The van der Waals surface area contributed by atoms with Gasteiger partial charge in [-0.15, -0.1) is 0 Å². The van der Waals surface area contributed by atoms with Crippen molar-refractivity contribution in [3.8, 4) is 0 Å². The van der Waals surface area contributed by atoms with Crippen LogP contribution in [0.15, 0.2) is 10.7 Å². The summed E-state index contributed by atoms with van der Waals surface area (Å²) in [6, 6.07) is 0. The average molecular weight is 307 g/mol. The lowest BCUT2D eigenvalue weighted by atomic mass is 10.2. The van der Waals surface area contributed by atoms with Crippen LogP contribution in [0.5, 0.6) is 0 Å². The summed E-state index contributed by atoms with van der Waals surface area (Å²) in [6.45, 7) is 5.10. The maximum atomic E-state index is 10.1. The Kier molecular flexibility index (Phi) is 6.46. The van der Waals surface area contributed by atoms with Crippen molar-refractivity contribution in [2.75, 3.05) is 11.5 Å². The zero-order valence-electron chi connectivity index (χ0n) is 9.82. The van der Waals surface area contributed by atoms with Gasteiger partial charge in [-0.3, -0.25) is 4.68 Å². The Morgan fingerprint density at radius 2 is 2.31 bits per heavy atom. The minimum atomic E-state index is -0.414. The van der Waals surface area contributed by atoms with Crippen molar-refractivity contribution in [2.45, 2.75) is 39.3 Å². The second-order valence-electron chi connectivity index (χ2n) is 3.60. The fraction of sp³-hybridized carbons (Fsp3) is 0.727. The van der Waals surface area contributed by atoms with Crippen LogP contribution in [0.25, 0.3) is 0 Å². The van der Waals surface area contributed by atoms with E-state index in [0.29, 0.717) is 0 Å². The number of hydrogen-bond acceptors (Lipinski definition) is 3. The van der Waals surface area contributed by atoms with Crippen LogP contribution < -0.4 is 0 Å². The number of thioether (sulfide) groups is 1. The van der Waals surface area contributed by atoms with E-state index in [9.17, 15) is 5.11 Å². The minimum Gasteiger partial charge on any atom is -0.387 e. The lowest BCUT2D eigenvalue weighted by molar-refractivity contribution is 0.162. The summed E-state index contributed by atoms with van der Waals surface area (Å²) in [5, 5.41) is 14.4. The summed E-state index contributed by atoms with van der Waals surface area (Å²) >= 11 is 5.30. The fourth-order valence-corrected chi connectivity index (χ4v) is 2.81. The van der Waals surface area contributed by atoms with Gasteiger partial charge in [-0.25, -0.2) is 0 Å². The van der Waals surface area contributed by atoms with Crippen molar-refractivity contribution in [2.24, 2.45) is 0 Å². The number of hydrogen-bond donors (Lipinski definition) is 1. The zero-order chi connectivity index (χ0) is 12.0. The van der Waals surface area contributed by atoms with Gasteiger partial charge < -0.3 is 5.11 Å². The molecule has 0 saturated heterocycles. The highest BCUT2D eigenvalue weighted by atomic mass is 79.9. The van der Waals surface area contributed by atoms with Gasteiger partial charge in [0.05, 0.1) is 22.5 Å². The van der Waals surface area contributed by atoms with Crippen LogP contribution in [-0.4, -0.2) is 26.4 Å². The van der Waals surface area contributed by atoms with E-state index in [4.69, 9.17) is 0 Å². The van der Waals surface area contributed by atoms with E-state index < -0.39 is 6.10 Å². The Balaban J connectivity index is 2.65. The Morgan fingerprint density at radius 3 is 2.94 bits per heavy atom. The van der Waals surface area contributed by atoms with Crippen LogP contribution in [-0.2, 0) is 6.54 Å². The first-order valence-corrected chi connectivity index (χ1v) is 7.62. The second-order valence-corrected chi connectivity index (χ2v) is 5.85. The molecule has 0 aromatic carbocycles. The van der Waals surface area contributed by atoms with E-state index in [1.165, 1.54) is 0 Å². The predicted octanol–water partition coefficient (Wildman–Crippen LogP) is 3.23. The number of aliphatic hydroxyl groups excluding tert-OH is 1. The van der Waals surface area contributed by atoms with Crippen LogP contribution in [0.3, 0.4) is 0 Å². The Hall–Kier alpha value is -0.0000000000000000555. The molecule has 0 radical (unpaired) electrons. The van der Waals surface area contributed by atoms with Crippen molar-refractivity contribution in [1.82, 2.24) is 9.78 Å². The molecule has 0 saturated carbocycles. The first-order chi connectivity index (χ1) is 7.70.